The summed E-state index contributed by atoms with van der Waals surface area (Å²) in [5, 5.41) is 19.9. The molecule has 20 heavy (non-hydrogen) atoms. The molecular formula is C11H9Cl2NO5S. The zero-order valence-corrected chi connectivity index (χ0v) is 12.3. The molecule has 0 aliphatic carbocycles. The van der Waals surface area contributed by atoms with Gasteiger partial charge in [-0.15, -0.1) is 0 Å². The van der Waals surface area contributed by atoms with Gasteiger partial charge in [0.15, 0.2) is 5.76 Å². The lowest BCUT2D eigenvalue weighted by atomic mass is 10.1. The smallest absolute Gasteiger partial charge is 0.253 e. The Bertz CT molecular complexity index is 769. The first-order chi connectivity index (χ1) is 9.19. The number of benzene rings is 1. The lowest BCUT2D eigenvalue weighted by Crippen LogP contribution is -2.08. The molecular weight excluding hydrogens is 329 g/mol. The Morgan fingerprint density at radius 1 is 1.15 bits per heavy atom. The number of halogens is 2. The number of furan rings is 1. The summed E-state index contributed by atoms with van der Waals surface area (Å²) in [6.07, 6.45) is 0.880. The van der Waals surface area contributed by atoms with E-state index in [0.717, 1.165) is 6.26 Å². The van der Waals surface area contributed by atoms with Crippen molar-refractivity contribution in [2.75, 3.05) is 11.0 Å². The average Bonchev–Trinajstić information content (AvgIpc) is 2.59. The summed E-state index contributed by atoms with van der Waals surface area (Å²) in [6.45, 7) is 0. The molecule has 1 aromatic heterocycles. The van der Waals surface area contributed by atoms with Gasteiger partial charge in [-0.3, -0.25) is 4.72 Å². The van der Waals surface area contributed by atoms with E-state index in [-0.39, 0.29) is 10.8 Å². The molecule has 108 valence electrons. The highest BCUT2D eigenvalue weighted by Crippen LogP contribution is 2.46. The van der Waals surface area contributed by atoms with Gasteiger partial charge < -0.3 is 14.6 Å². The first-order valence-corrected chi connectivity index (χ1v) is 7.81. The third kappa shape index (κ3) is 2.95. The molecule has 0 unspecified atom stereocenters. The van der Waals surface area contributed by atoms with Gasteiger partial charge in [0.25, 0.3) is 5.88 Å². The summed E-state index contributed by atoms with van der Waals surface area (Å²) in [7, 11) is -3.66. The minimum absolute atomic E-state index is 0.132. The van der Waals surface area contributed by atoms with Gasteiger partial charge in [0.2, 0.25) is 21.5 Å². The van der Waals surface area contributed by atoms with Gasteiger partial charge in [-0.1, -0.05) is 23.2 Å². The van der Waals surface area contributed by atoms with Crippen LogP contribution in [0.4, 0.5) is 5.88 Å². The molecule has 2 aromatic rings. The van der Waals surface area contributed by atoms with Crippen molar-refractivity contribution in [3.63, 3.8) is 0 Å². The molecule has 1 aromatic carbocycles. The molecule has 0 spiro atoms. The third-order valence-corrected chi connectivity index (χ3v) is 3.61. The molecule has 6 nitrogen and oxygen atoms in total. The summed E-state index contributed by atoms with van der Waals surface area (Å²) in [6, 6.07) is 4.38. The predicted molar refractivity (Wildman–Crippen MR) is 76.0 cm³/mol. The Kier molecular flexibility index (Phi) is 3.77. The molecule has 0 amide bonds. The zero-order chi connectivity index (χ0) is 15.1. The second-order valence-corrected chi connectivity index (χ2v) is 6.52. The van der Waals surface area contributed by atoms with E-state index in [0.29, 0.717) is 10.6 Å². The van der Waals surface area contributed by atoms with Crippen LogP contribution >= 0.6 is 23.2 Å². The Morgan fingerprint density at radius 2 is 1.80 bits per heavy atom. The Labute approximate surface area is 124 Å². The highest BCUT2D eigenvalue weighted by Gasteiger charge is 2.23. The number of hydrogen-bond acceptors (Lipinski definition) is 5. The van der Waals surface area contributed by atoms with Crippen LogP contribution in [0.25, 0.3) is 11.3 Å². The maximum absolute atomic E-state index is 11.1. The van der Waals surface area contributed by atoms with Gasteiger partial charge in [0.05, 0.1) is 16.3 Å². The van der Waals surface area contributed by atoms with Crippen molar-refractivity contribution in [2.45, 2.75) is 0 Å². The van der Waals surface area contributed by atoms with E-state index in [2.05, 4.69) is 0 Å². The van der Waals surface area contributed by atoms with Crippen LogP contribution in [0.5, 0.6) is 11.5 Å². The van der Waals surface area contributed by atoms with E-state index in [9.17, 15) is 18.6 Å². The molecule has 0 aliphatic rings. The Morgan fingerprint density at radius 3 is 2.35 bits per heavy atom. The van der Waals surface area contributed by atoms with Crippen molar-refractivity contribution in [2.24, 2.45) is 0 Å². The van der Waals surface area contributed by atoms with E-state index < -0.39 is 27.4 Å². The molecule has 3 N–H and O–H groups in total. The van der Waals surface area contributed by atoms with Gasteiger partial charge in [0, 0.05) is 5.56 Å². The summed E-state index contributed by atoms with van der Waals surface area (Å²) in [5.74, 6) is -1.93. The summed E-state index contributed by atoms with van der Waals surface area (Å²) in [5.41, 5.74) is 0.328. The molecule has 1 heterocycles. The second kappa shape index (κ2) is 5.08. The van der Waals surface area contributed by atoms with Crippen molar-refractivity contribution in [3.05, 3.63) is 28.2 Å². The van der Waals surface area contributed by atoms with Crippen LogP contribution in [0.15, 0.2) is 22.6 Å². The summed E-state index contributed by atoms with van der Waals surface area (Å²) in [4.78, 5) is 0. The number of rotatable bonds is 3. The van der Waals surface area contributed by atoms with Crippen molar-refractivity contribution < 1.29 is 23.0 Å². The Balaban J connectivity index is 2.53. The largest absolute Gasteiger partial charge is 0.502 e. The standard InChI is InChI=1S/C11H9Cl2NO5S/c1-20(17,18)14-11-9(16)8(15)10(19-11)5-2-3-6(12)7(13)4-5/h2-4,14-16H,1H3. The topological polar surface area (TPSA) is 99.8 Å². The highest BCUT2D eigenvalue weighted by atomic mass is 35.5. The number of aromatic hydroxyl groups is 2. The third-order valence-electron chi connectivity index (χ3n) is 2.32. The van der Waals surface area contributed by atoms with Crippen LogP contribution in [-0.2, 0) is 10.0 Å². The molecule has 9 heteroatoms. The molecule has 0 fully saturated rings. The van der Waals surface area contributed by atoms with Crippen LogP contribution in [0.2, 0.25) is 10.0 Å². The van der Waals surface area contributed by atoms with Crippen LogP contribution in [0, 0.1) is 0 Å². The maximum atomic E-state index is 11.1. The molecule has 0 bridgehead atoms. The monoisotopic (exact) mass is 337 g/mol. The van der Waals surface area contributed by atoms with E-state index >= 15 is 0 Å². The van der Waals surface area contributed by atoms with Crippen LogP contribution < -0.4 is 4.72 Å². The first-order valence-electron chi connectivity index (χ1n) is 5.17. The molecule has 0 saturated carbocycles. The fourth-order valence-corrected chi connectivity index (χ4v) is 2.26. The van der Waals surface area contributed by atoms with Gasteiger partial charge in [-0.25, -0.2) is 8.42 Å². The van der Waals surface area contributed by atoms with Crippen molar-refractivity contribution in [1.29, 1.82) is 0 Å². The molecule has 0 aliphatic heterocycles. The minimum atomic E-state index is -3.66. The number of anilines is 1. The quantitative estimate of drug-likeness (QED) is 0.799. The zero-order valence-electron chi connectivity index (χ0n) is 10.0. The summed E-state index contributed by atoms with van der Waals surface area (Å²) < 4.78 is 29.3. The van der Waals surface area contributed by atoms with Crippen molar-refractivity contribution in [1.82, 2.24) is 0 Å². The number of nitrogens with one attached hydrogen (secondary N) is 1. The van der Waals surface area contributed by atoms with Gasteiger partial charge in [-0.2, -0.15) is 0 Å². The second-order valence-electron chi connectivity index (χ2n) is 3.96. The van der Waals surface area contributed by atoms with Crippen molar-refractivity contribution >= 4 is 39.1 Å². The van der Waals surface area contributed by atoms with E-state index in [4.69, 9.17) is 27.6 Å². The number of sulfonamides is 1. The van der Waals surface area contributed by atoms with Gasteiger partial charge in [-0.05, 0) is 18.2 Å². The van der Waals surface area contributed by atoms with Gasteiger partial charge >= 0.3 is 0 Å². The van der Waals surface area contributed by atoms with Gasteiger partial charge in [0.1, 0.15) is 0 Å². The SMILES string of the molecule is CS(=O)(=O)Nc1oc(-c2ccc(Cl)c(Cl)c2)c(O)c1O. The lowest BCUT2D eigenvalue weighted by molar-refractivity contribution is 0.410. The van der Waals surface area contributed by atoms with Crippen LogP contribution in [-0.4, -0.2) is 24.9 Å². The lowest BCUT2D eigenvalue weighted by Gasteiger charge is -2.01. The van der Waals surface area contributed by atoms with Crippen molar-refractivity contribution in [3.8, 4) is 22.8 Å². The van der Waals surface area contributed by atoms with E-state index in [1.165, 1.54) is 18.2 Å². The van der Waals surface area contributed by atoms with Crippen LogP contribution in [0.1, 0.15) is 0 Å². The molecule has 2 rings (SSSR count). The summed E-state index contributed by atoms with van der Waals surface area (Å²) >= 11 is 11.6. The van der Waals surface area contributed by atoms with E-state index in [1.54, 1.807) is 0 Å². The fourth-order valence-electron chi connectivity index (χ4n) is 1.48. The highest BCUT2D eigenvalue weighted by molar-refractivity contribution is 7.92. The normalized spacial score (nSPS) is 11.6. The average molecular weight is 338 g/mol. The number of hydrogen-bond donors (Lipinski definition) is 3. The Hall–Kier alpha value is -1.57. The maximum Gasteiger partial charge on any atom is 0.253 e. The first kappa shape index (κ1) is 14.8. The van der Waals surface area contributed by atoms with Crippen LogP contribution in [0.3, 0.4) is 0 Å². The fraction of sp³-hybridized carbons (Fsp3) is 0.0909. The molecule has 0 saturated heterocycles. The minimum Gasteiger partial charge on any atom is -0.502 e. The molecule has 0 atom stereocenters. The predicted octanol–water partition coefficient (Wildman–Crippen LogP) is 3.04. The molecule has 0 radical (unpaired) electrons. The van der Waals surface area contributed by atoms with E-state index in [1.807, 2.05) is 4.72 Å².